The lowest BCUT2D eigenvalue weighted by Gasteiger charge is -2.32. The first-order chi connectivity index (χ1) is 16.3. The van der Waals surface area contributed by atoms with Gasteiger partial charge in [0.2, 0.25) is 6.79 Å². The lowest BCUT2D eigenvalue weighted by molar-refractivity contribution is -0.124. The number of benzene rings is 3. The van der Waals surface area contributed by atoms with Crippen LogP contribution in [0.15, 0.2) is 66.7 Å². The van der Waals surface area contributed by atoms with Gasteiger partial charge in [0.15, 0.2) is 11.5 Å². The molecule has 34 heavy (non-hydrogen) atoms. The molecule has 0 aliphatic carbocycles. The molecule has 3 aromatic rings. The molecule has 0 saturated carbocycles. The Balaban J connectivity index is 1.68. The van der Waals surface area contributed by atoms with Crippen molar-refractivity contribution < 1.29 is 34.1 Å². The Hall–Kier alpha value is -4.24. The second-order valence-electron chi connectivity index (χ2n) is 8.33. The van der Waals surface area contributed by atoms with Crippen molar-refractivity contribution in [1.82, 2.24) is 5.48 Å². The highest BCUT2D eigenvalue weighted by molar-refractivity contribution is 5.92. The van der Waals surface area contributed by atoms with Gasteiger partial charge in [-0.3, -0.25) is 15.3 Å². The maximum atomic E-state index is 12.9. The summed E-state index contributed by atoms with van der Waals surface area (Å²) in [7, 11) is 0. The maximum absolute atomic E-state index is 12.9. The van der Waals surface area contributed by atoms with Gasteiger partial charge in [-0.25, -0.2) is 10.3 Å². The minimum absolute atomic E-state index is 0.0934. The zero-order valence-electron chi connectivity index (χ0n) is 18.6. The molecule has 0 aromatic heterocycles. The molecule has 9 nitrogen and oxygen atoms in total. The number of rotatable bonds is 6. The summed E-state index contributed by atoms with van der Waals surface area (Å²) in [6, 6.07) is 15.4. The number of carbonyl (C=O) groups is 2. The van der Waals surface area contributed by atoms with Crippen LogP contribution in [0.4, 0.5) is 10.5 Å². The van der Waals surface area contributed by atoms with Crippen LogP contribution in [-0.4, -0.2) is 29.1 Å². The van der Waals surface area contributed by atoms with Crippen molar-refractivity contribution in [3.05, 3.63) is 72.3 Å². The molecule has 4 N–H and O–H groups in total. The van der Waals surface area contributed by atoms with Gasteiger partial charge in [0.25, 0.3) is 5.91 Å². The van der Waals surface area contributed by atoms with Crippen LogP contribution in [-0.2, 0) is 9.53 Å². The number of carbonyl (C=O) groups excluding carboxylic acids is 2. The van der Waals surface area contributed by atoms with E-state index in [1.807, 2.05) is 12.1 Å². The predicted molar refractivity (Wildman–Crippen MR) is 124 cm³/mol. The van der Waals surface area contributed by atoms with Crippen molar-refractivity contribution in [2.75, 3.05) is 12.1 Å². The third kappa shape index (κ3) is 4.74. The van der Waals surface area contributed by atoms with Gasteiger partial charge >= 0.3 is 6.09 Å². The molecule has 2 amide bonds. The Bertz CT molecular complexity index is 1270. The van der Waals surface area contributed by atoms with Crippen LogP contribution in [0.3, 0.4) is 0 Å². The number of anilines is 1. The van der Waals surface area contributed by atoms with Gasteiger partial charge in [-0.15, -0.1) is 0 Å². The first kappa shape index (κ1) is 22.9. The van der Waals surface area contributed by atoms with Crippen LogP contribution in [0, 0.1) is 5.41 Å². The molecule has 0 saturated heterocycles. The van der Waals surface area contributed by atoms with Gasteiger partial charge in [0.05, 0.1) is 0 Å². The van der Waals surface area contributed by atoms with Crippen LogP contribution in [0.2, 0.25) is 0 Å². The molecule has 1 aliphatic heterocycles. The molecule has 3 aromatic carbocycles. The van der Waals surface area contributed by atoms with Gasteiger partial charge in [-0.05, 0) is 23.6 Å². The Morgan fingerprint density at radius 2 is 1.79 bits per heavy atom. The minimum atomic E-state index is -0.890. The van der Waals surface area contributed by atoms with Crippen LogP contribution >= 0.6 is 0 Å². The van der Waals surface area contributed by atoms with Crippen LogP contribution in [0.1, 0.15) is 25.5 Å². The Labute approximate surface area is 195 Å². The first-order valence-corrected chi connectivity index (χ1v) is 10.5. The molecule has 1 aliphatic rings. The van der Waals surface area contributed by atoms with Crippen molar-refractivity contribution in [1.29, 1.82) is 0 Å². The highest BCUT2D eigenvalue weighted by atomic mass is 16.7. The van der Waals surface area contributed by atoms with E-state index in [0.29, 0.717) is 33.5 Å². The number of fused-ring (bicyclic) bond motifs is 2. The number of hydroxylamine groups is 1. The summed E-state index contributed by atoms with van der Waals surface area (Å²) in [4.78, 5) is 24.6. The quantitative estimate of drug-likeness (QED) is 0.238. The van der Waals surface area contributed by atoms with Crippen molar-refractivity contribution >= 4 is 28.5 Å². The normalized spacial score (nSPS) is 13.6. The molecule has 176 valence electrons. The summed E-state index contributed by atoms with van der Waals surface area (Å²) >= 11 is 0. The van der Waals surface area contributed by atoms with Gasteiger partial charge in [-0.2, -0.15) is 0 Å². The Morgan fingerprint density at radius 1 is 1.06 bits per heavy atom. The average Bonchev–Trinajstić information content (AvgIpc) is 3.30. The maximum Gasteiger partial charge on any atom is 0.412 e. The SMILES string of the molecule is CC(C)(/C=C/C(=O)NO)[C@H](OC(=O)Nc1ccc2c(c1)OCO2)c1ccc(O)c2ccccc12. The molecule has 0 spiro atoms. The van der Waals surface area contributed by atoms with Crippen molar-refractivity contribution in [3.63, 3.8) is 0 Å². The van der Waals surface area contributed by atoms with E-state index < -0.39 is 23.5 Å². The van der Waals surface area contributed by atoms with Gasteiger partial charge in [0.1, 0.15) is 11.9 Å². The molecule has 0 unspecified atom stereocenters. The van der Waals surface area contributed by atoms with Crippen LogP contribution in [0.25, 0.3) is 10.8 Å². The summed E-state index contributed by atoms with van der Waals surface area (Å²) < 4.78 is 16.5. The van der Waals surface area contributed by atoms with E-state index >= 15 is 0 Å². The van der Waals surface area contributed by atoms with Gasteiger partial charge in [-0.1, -0.05) is 50.3 Å². The smallest absolute Gasteiger partial charge is 0.412 e. The summed E-state index contributed by atoms with van der Waals surface area (Å²) in [5.41, 5.74) is 1.74. The Kier molecular flexibility index (Phi) is 6.29. The number of phenolic OH excluding ortho intramolecular Hbond substituents is 1. The van der Waals surface area contributed by atoms with Crippen LogP contribution in [0.5, 0.6) is 17.2 Å². The number of nitrogens with one attached hydrogen (secondary N) is 2. The lowest BCUT2D eigenvalue weighted by Crippen LogP contribution is -2.28. The summed E-state index contributed by atoms with van der Waals surface area (Å²) in [5, 5.41) is 23.1. The second-order valence-corrected chi connectivity index (χ2v) is 8.33. The zero-order chi connectivity index (χ0) is 24.3. The predicted octanol–water partition coefficient (Wildman–Crippen LogP) is 4.65. The van der Waals surface area contributed by atoms with E-state index in [9.17, 15) is 14.7 Å². The molecular formula is C25H24N2O7. The lowest BCUT2D eigenvalue weighted by atomic mass is 9.80. The van der Waals surface area contributed by atoms with E-state index in [0.717, 1.165) is 6.08 Å². The minimum Gasteiger partial charge on any atom is -0.507 e. The fourth-order valence-electron chi connectivity index (χ4n) is 3.80. The summed E-state index contributed by atoms with van der Waals surface area (Å²) in [6.45, 7) is 3.68. The standard InChI is InChI=1S/C25H24N2O7/c1-25(2,12-11-22(29)27-31)23(18-8-9-19(28)17-6-4-3-5-16(17)18)34-24(30)26-15-7-10-20-21(13-15)33-14-32-20/h3-13,23,28,31H,14H2,1-2H3,(H,26,30)(H,27,29)/b12-11+/t23-/m1/s1. The zero-order valence-corrected chi connectivity index (χ0v) is 18.6. The van der Waals surface area contributed by atoms with Crippen LogP contribution < -0.4 is 20.3 Å². The average molecular weight is 464 g/mol. The highest BCUT2D eigenvalue weighted by Crippen LogP contribution is 2.43. The van der Waals surface area contributed by atoms with Crippen molar-refractivity contribution in [3.8, 4) is 17.2 Å². The van der Waals surface area contributed by atoms with E-state index in [-0.39, 0.29) is 12.5 Å². The van der Waals surface area contributed by atoms with Crippen molar-refractivity contribution in [2.45, 2.75) is 20.0 Å². The number of amides is 2. The monoisotopic (exact) mass is 464 g/mol. The molecule has 0 bridgehead atoms. The molecule has 1 heterocycles. The molecule has 4 rings (SSSR count). The fourth-order valence-corrected chi connectivity index (χ4v) is 3.80. The van der Waals surface area contributed by atoms with E-state index in [4.69, 9.17) is 19.4 Å². The number of ether oxygens (including phenoxy) is 3. The van der Waals surface area contributed by atoms with E-state index in [1.54, 1.807) is 61.8 Å². The molecular weight excluding hydrogens is 440 g/mol. The highest BCUT2D eigenvalue weighted by Gasteiger charge is 2.34. The molecule has 0 fully saturated rings. The topological polar surface area (TPSA) is 126 Å². The molecule has 9 heteroatoms. The number of hydrogen-bond acceptors (Lipinski definition) is 7. The summed E-state index contributed by atoms with van der Waals surface area (Å²) in [6.07, 6.45) is 1.11. The molecule has 0 radical (unpaired) electrons. The number of phenols is 1. The Morgan fingerprint density at radius 3 is 2.56 bits per heavy atom. The third-order valence-electron chi connectivity index (χ3n) is 5.51. The second kappa shape index (κ2) is 9.32. The van der Waals surface area contributed by atoms with E-state index in [1.165, 1.54) is 6.07 Å². The van der Waals surface area contributed by atoms with Gasteiger partial charge < -0.3 is 19.3 Å². The fraction of sp³-hybridized carbons (Fsp3) is 0.200. The van der Waals surface area contributed by atoms with E-state index in [2.05, 4.69) is 5.32 Å². The molecule has 1 atom stereocenters. The third-order valence-corrected chi connectivity index (χ3v) is 5.51. The number of aromatic hydroxyl groups is 1. The van der Waals surface area contributed by atoms with Gasteiger partial charge in [0, 0.05) is 34.2 Å². The largest absolute Gasteiger partial charge is 0.507 e. The first-order valence-electron chi connectivity index (χ1n) is 10.5. The number of hydrogen-bond donors (Lipinski definition) is 4. The summed E-state index contributed by atoms with van der Waals surface area (Å²) in [5.74, 6) is 0.473. The van der Waals surface area contributed by atoms with Crippen molar-refractivity contribution in [2.24, 2.45) is 5.41 Å².